The molecule has 0 spiro atoms. The molecule has 15 heavy (non-hydrogen) atoms. The molecule has 90 valence electrons. The van der Waals surface area contributed by atoms with Gasteiger partial charge in [-0.05, 0) is 6.92 Å². The van der Waals surface area contributed by atoms with Crippen LogP contribution in [0.4, 0.5) is 0 Å². The maximum atomic E-state index is 11.0. The third kappa shape index (κ3) is 6.20. The van der Waals surface area contributed by atoms with Crippen LogP contribution in [-0.4, -0.2) is 55.6 Å². The molecule has 1 aliphatic rings. The van der Waals surface area contributed by atoms with Crippen molar-refractivity contribution < 1.29 is 9.53 Å². The predicted octanol–water partition coefficient (Wildman–Crippen LogP) is 0.484. The predicted molar refractivity (Wildman–Crippen MR) is 62.8 cm³/mol. The number of carbonyl (C=O) groups excluding carboxylic acids is 1. The number of carbonyl (C=O) groups is 1. The molecule has 1 amide bonds. The van der Waals surface area contributed by atoms with Crippen LogP contribution in [0, 0.1) is 0 Å². The zero-order chi connectivity index (χ0) is 10.4. The molecule has 1 saturated heterocycles. The van der Waals surface area contributed by atoms with Crippen molar-refractivity contribution in [3.8, 4) is 0 Å². The number of morpholine rings is 1. The summed E-state index contributed by atoms with van der Waals surface area (Å²) in [7, 11) is 0. The largest absolute Gasteiger partial charge is 0.379 e. The topological polar surface area (TPSA) is 41.6 Å². The molecule has 0 aromatic rings. The lowest BCUT2D eigenvalue weighted by Gasteiger charge is -2.29. The van der Waals surface area contributed by atoms with Crippen molar-refractivity contribution in [2.24, 2.45) is 0 Å². The van der Waals surface area contributed by atoms with Crippen molar-refractivity contribution in [3.05, 3.63) is 0 Å². The first-order chi connectivity index (χ1) is 6.72. The molecule has 0 radical (unpaired) electrons. The number of halogens is 2. The van der Waals surface area contributed by atoms with Crippen molar-refractivity contribution >= 4 is 29.9 Å². The molecular formula is C9H18Cl2N2O2. The Morgan fingerprint density at radius 1 is 1.53 bits per heavy atom. The molecule has 1 N–H and O–H groups in total. The summed E-state index contributed by atoms with van der Waals surface area (Å²) < 4.78 is 5.23. The molecular weight excluding hydrogens is 239 g/mol. The van der Waals surface area contributed by atoms with Gasteiger partial charge in [-0.2, -0.15) is 0 Å². The standard InChI is InChI=1S/C9H17ClN2O2.ClH/c1-8(11-9(13)6-10)7-12-2-4-14-5-3-12;/h8H,2-7H2,1H3,(H,11,13);1H. The van der Waals surface area contributed by atoms with E-state index < -0.39 is 0 Å². The van der Waals surface area contributed by atoms with Crippen LogP contribution in [0.5, 0.6) is 0 Å². The minimum atomic E-state index is -0.104. The van der Waals surface area contributed by atoms with Gasteiger partial charge >= 0.3 is 0 Å². The summed E-state index contributed by atoms with van der Waals surface area (Å²) in [5.41, 5.74) is 0. The molecule has 1 fully saturated rings. The number of alkyl halides is 1. The zero-order valence-corrected chi connectivity index (χ0v) is 10.4. The van der Waals surface area contributed by atoms with Crippen molar-refractivity contribution in [1.82, 2.24) is 10.2 Å². The van der Waals surface area contributed by atoms with Crippen LogP contribution in [0.3, 0.4) is 0 Å². The minimum Gasteiger partial charge on any atom is -0.379 e. The van der Waals surface area contributed by atoms with E-state index in [9.17, 15) is 4.79 Å². The van der Waals surface area contributed by atoms with Gasteiger partial charge in [0.15, 0.2) is 0 Å². The van der Waals surface area contributed by atoms with E-state index in [0.717, 1.165) is 32.8 Å². The average Bonchev–Trinajstić information content (AvgIpc) is 2.19. The molecule has 0 aromatic carbocycles. The molecule has 1 atom stereocenters. The van der Waals surface area contributed by atoms with Crippen molar-refractivity contribution in [2.75, 3.05) is 38.7 Å². The van der Waals surface area contributed by atoms with Crippen molar-refractivity contribution in [1.29, 1.82) is 0 Å². The maximum absolute atomic E-state index is 11.0. The quantitative estimate of drug-likeness (QED) is 0.745. The summed E-state index contributed by atoms with van der Waals surface area (Å²) in [5, 5.41) is 2.82. The fourth-order valence-electron chi connectivity index (χ4n) is 1.53. The Kier molecular flexibility index (Phi) is 8.14. The first-order valence-electron chi connectivity index (χ1n) is 4.88. The Hall–Kier alpha value is -0.0300. The third-order valence-electron chi connectivity index (χ3n) is 2.16. The molecule has 1 unspecified atom stereocenters. The van der Waals surface area contributed by atoms with Gasteiger partial charge in [0.05, 0.1) is 13.2 Å². The second-order valence-corrected chi connectivity index (χ2v) is 3.78. The van der Waals surface area contributed by atoms with E-state index in [-0.39, 0.29) is 30.2 Å². The summed E-state index contributed by atoms with van der Waals surface area (Å²) in [6, 6.07) is 0.152. The van der Waals surface area contributed by atoms with Gasteiger partial charge in [-0.25, -0.2) is 0 Å². The molecule has 1 aliphatic heterocycles. The van der Waals surface area contributed by atoms with Crippen LogP contribution in [0.1, 0.15) is 6.92 Å². The van der Waals surface area contributed by atoms with E-state index in [4.69, 9.17) is 16.3 Å². The number of ether oxygens (including phenoxy) is 1. The van der Waals surface area contributed by atoms with Crippen LogP contribution < -0.4 is 5.32 Å². The van der Waals surface area contributed by atoms with E-state index in [1.165, 1.54) is 0 Å². The first kappa shape index (κ1) is 15.0. The third-order valence-corrected chi connectivity index (χ3v) is 2.41. The van der Waals surface area contributed by atoms with E-state index in [0.29, 0.717) is 0 Å². The molecule has 1 heterocycles. The molecule has 1 rings (SSSR count). The second kappa shape index (κ2) is 8.16. The lowest BCUT2D eigenvalue weighted by molar-refractivity contribution is -0.119. The fraction of sp³-hybridized carbons (Fsp3) is 0.889. The molecule has 6 heteroatoms. The minimum absolute atomic E-state index is 0. The van der Waals surface area contributed by atoms with Crippen molar-refractivity contribution in [3.63, 3.8) is 0 Å². The lowest BCUT2D eigenvalue weighted by Crippen LogP contribution is -2.46. The number of hydrogen-bond acceptors (Lipinski definition) is 3. The zero-order valence-electron chi connectivity index (χ0n) is 8.87. The normalized spacial score (nSPS) is 19.1. The van der Waals surface area contributed by atoms with Gasteiger partial charge in [-0.15, -0.1) is 24.0 Å². The Morgan fingerprint density at radius 3 is 2.67 bits per heavy atom. The molecule has 0 aliphatic carbocycles. The van der Waals surface area contributed by atoms with Crippen LogP contribution in [0.2, 0.25) is 0 Å². The van der Waals surface area contributed by atoms with Gasteiger partial charge < -0.3 is 10.1 Å². The summed E-state index contributed by atoms with van der Waals surface area (Å²) in [5.74, 6) is -0.0691. The number of nitrogens with one attached hydrogen (secondary N) is 1. The number of amides is 1. The first-order valence-corrected chi connectivity index (χ1v) is 5.41. The number of rotatable bonds is 4. The van der Waals surface area contributed by atoms with E-state index in [1.54, 1.807) is 0 Å². The molecule has 4 nitrogen and oxygen atoms in total. The van der Waals surface area contributed by atoms with E-state index >= 15 is 0 Å². The molecule has 0 bridgehead atoms. The van der Waals surface area contributed by atoms with Gasteiger partial charge in [0.2, 0.25) is 5.91 Å². The lowest BCUT2D eigenvalue weighted by atomic mass is 10.3. The number of hydrogen-bond donors (Lipinski definition) is 1. The van der Waals surface area contributed by atoms with Crippen molar-refractivity contribution in [2.45, 2.75) is 13.0 Å². The second-order valence-electron chi connectivity index (χ2n) is 3.52. The van der Waals surface area contributed by atoms with Crippen LogP contribution in [-0.2, 0) is 9.53 Å². The van der Waals surface area contributed by atoms with Crippen LogP contribution >= 0.6 is 24.0 Å². The van der Waals surface area contributed by atoms with Gasteiger partial charge in [-0.1, -0.05) is 0 Å². The van der Waals surface area contributed by atoms with Gasteiger partial charge in [-0.3, -0.25) is 9.69 Å². The number of nitrogens with zero attached hydrogens (tertiary/aromatic N) is 1. The Balaban J connectivity index is 0.00000196. The van der Waals surface area contributed by atoms with E-state index in [1.807, 2.05) is 6.92 Å². The summed E-state index contributed by atoms with van der Waals surface area (Å²) in [6.45, 7) is 6.32. The summed E-state index contributed by atoms with van der Waals surface area (Å²) in [6.07, 6.45) is 0. The average molecular weight is 257 g/mol. The Morgan fingerprint density at radius 2 is 2.13 bits per heavy atom. The van der Waals surface area contributed by atoms with Gasteiger partial charge in [0, 0.05) is 25.7 Å². The molecule has 0 aromatic heterocycles. The highest BCUT2D eigenvalue weighted by molar-refractivity contribution is 6.27. The highest BCUT2D eigenvalue weighted by atomic mass is 35.5. The summed E-state index contributed by atoms with van der Waals surface area (Å²) >= 11 is 5.39. The fourth-order valence-corrected chi connectivity index (χ4v) is 1.61. The smallest absolute Gasteiger partial charge is 0.235 e. The maximum Gasteiger partial charge on any atom is 0.235 e. The van der Waals surface area contributed by atoms with Gasteiger partial charge in [0.1, 0.15) is 5.88 Å². The Bertz CT molecular complexity index is 187. The highest BCUT2D eigenvalue weighted by Crippen LogP contribution is 1.98. The Labute approximate surface area is 102 Å². The van der Waals surface area contributed by atoms with Crippen LogP contribution in [0.15, 0.2) is 0 Å². The monoisotopic (exact) mass is 256 g/mol. The van der Waals surface area contributed by atoms with Gasteiger partial charge in [0.25, 0.3) is 0 Å². The van der Waals surface area contributed by atoms with E-state index in [2.05, 4.69) is 10.2 Å². The highest BCUT2D eigenvalue weighted by Gasteiger charge is 2.14. The van der Waals surface area contributed by atoms with Crippen LogP contribution in [0.25, 0.3) is 0 Å². The summed E-state index contributed by atoms with van der Waals surface area (Å²) in [4.78, 5) is 13.3. The SMILES string of the molecule is CC(CN1CCOCC1)NC(=O)CCl.Cl. The molecule has 0 saturated carbocycles.